The lowest BCUT2D eigenvalue weighted by Gasteiger charge is -2.21. The molecule has 1 nitrogen and oxygen atoms in total. The fourth-order valence-electron chi connectivity index (χ4n) is 2.79. The second-order valence-electron chi connectivity index (χ2n) is 5.43. The van der Waals surface area contributed by atoms with Crippen molar-refractivity contribution in [2.24, 2.45) is 5.92 Å². The fourth-order valence-corrected chi connectivity index (χ4v) is 3.08. The number of ether oxygens (including phenoxy) is 1. The third-order valence-electron chi connectivity index (χ3n) is 4.24. The van der Waals surface area contributed by atoms with Gasteiger partial charge in [-0.15, -0.1) is 0 Å². The fraction of sp³-hybridized carbons (Fsp3) is 0.500. The Morgan fingerprint density at radius 2 is 2.21 bits per heavy atom. The van der Waals surface area contributed by atoms with Crippen LogP contribution in [-0.4, -0.2) is 6.61 Å². The maximum atomic E-state index is 14.4. The van der Waals surface area contributed by atoms with E-state index in [0.717, 1.165) is 36.3 Å². The summed E-state index contributed by atoms with van der Waals surface area (Å²) in [6, 6.07) is 3.77. The number of hydrogen-bond acceptors (Lipinski definition) is 1. The van der Waals surface area contributed by atoms with Crippen molar-refractivity contribution in [3.05, 3.63) is 40.2 Å². The summed E-state index contributed by atoms with van der Waals surface area (Å²) in [5.41, 5.74) is 2.56. The van der Waals surface area contributed by atoms with E-state index in [2.05, 4.69) is 13.0 Å². The van der Waals surface area contributed by atoms with Gasteiger partial charge in [0, 0.05) is 11.1 Å². The molecule has 2 unspecified atom stereocenters. The first kappa shape index (κ1) is 13.1. The van der Waals surface area contributed by atoms with Crippen LogP contribution >= 0.6 is 11.6 Å². The molecule has 0 saturated carbocycles. The summed E-state index contributed by atoms with van der Waals surface area (Å²) in [7, 11) is 0. The van der Waals surface area contributed by atoms with Crippen molar-refractivity contribution in [3.8, 4) is 0 Å². The predicted octanol–water partition coefficient (Wildman–Crippen LogP) is 5.14. The van der Waals surface area contributed by atoms with E-state index in [0.29, 0.717) is 12.2 Å². The monoisotopic (exact) mass is 280 g/mol. The van der Waals surface area contributed by atoms with Gasteiger partial charge in [0.25, 0.3) is 0 Å². The van der Waals surface area contributed by atoms with Crippen molar-refractivity contribution in [2.75, 3.05) is 6.61 Å². The van der Waals surface area contributed by atoms with Gasteiger partial charge in [-0.3, -0.25) is 0 Å². The molecule has 0 aromatic heterocycles. The van der Waals surface area contributed by atoms with Gasteiger partial charge in [-0.05, 0) is 30.8 Å². The smallest absolute Gasteiger partial charge is 0.149 e. The first-order chi connectivity index (χ1) is 9.20. The topological polar surface area (TPSA) is 12.5 Å². The summed E-state index contributed by atoms with van der Waals surface area (Å²) in [5, 5.41) is 0.235. The Balaban J connectivity index is 1.89. The van der Waals surface area contributed by atoms with Crippen molar-refractivity contribution < 1.29 is 9.13 Å². The third-order valence-corrected chi connectivity index (χ3v) is 4.62. The van der Waals surface area contributed by atoms with E-state index in [4.69, 9.17) is 16.3 Å². The van der Waals surface area contributed by atoms with E-state index in [-0.39, 0.29) is 16.9 Å². The summed E-state index contributed by atoms with van der Waals surface area (Å²) in [6.07, 6.45) is 6.53. The molecule has 1 aliphatic carbocycles. The van der Waals surface area contributed by atoms with Gasteiger partial charge in [0.05, 0.1) is 11.6 Å². The quantitative estimate of drug-likeness (QED) is 0.698. The lowest BCUT2D eigenvalue weighted by atomic mass is 9.85. The first-order valence-corrected chi connectivity index (χ1v) is 7.37. The molecule has 0 N–H and O–H groups in total. The van der Waals surface area contributed by atoms with E-state index in [9.17, 15) is 4.39 Å². The molecule has 1 aromatic carbocycles. The van der Waals surface area contributed by atoms with Gasteiger partial charge < -0.3 is 4.74 Å². The van der Waals surface area contributed by atoms with Crippen molar-refractivity contribution >= 4 is 17.2 Å². The average molecular weight is 281 g/mol. The van der Waals surface area contributed by atoms with Crippen LogP contribution in [0.3, 0.4) is 0 Å². The van der Waals surface area contributed by atoms with Crippen molar-refractivity contribution in [1.82, 2.24) is 0 Å². The van der Waals surface area contributed by atoms with E-state index >= 15 is 0 Å². The first-order valence-electron chi connectivity index (χ1n) is 6.99. The minimum atomic E-state index is -0.282. The highest BCUT2D eigenvalue weighted by Gasteiger charge is 2.29. The number of benzene rings is 1. The number of hydrogen-bond donors (Lipinski definition) is 0. The lowest BCUT2D eigenvalue weighted by molar-refractivity contribution is 0.415. The van der Waals surface area contributed by atoms with Crippen LogP contribution in [0, 0.1) is 11.7 Å². The van der Waals surface area contributed by atoms with Crippen LogP contribution in [0.25, 0.3) is 5.57 Å². The Hall–Kier alpha value is -0.860. The molecule has 3 heteroatoms. The molecule has 102 valence electrons. The molecule has 1 heterocycles. The van der Waals surface area contributed by atoms with Crippen molar-refractivity contribution in [2.45, 2.75) is 38.7 Å². The minimum Gasteiger partial charge on any atom is -0.368 e. The van der Waals surface area contributed by atoms with Crippen LogP contribution in [0.15, 0.2) is 18.2 Å². The molecule has 3 rings (SSSR count). The normalized spacial score (nSPS) is 26.2. The summed E-state index contributed by atoms with van der Waals surface area (Å²) < 4.78 is 19.6. The van der Waals surface area contributed by atoms with Crippen LogP contribution in [-0.2, 0) is 4.74 Å². The van der Waals surface area contributed by atoms with Crippen molar-refractivity contribution in [3.63, 3.8) is 0 Å². The Bertz CT molecular complexity index is 520. The summed E-state index contributed by atoms with van der Waals surface area (Å²) >= 11 is 6.13. The van der Waals surface area contributed by atoms with Crippen LogP contribution in [0.1, 0.15) is 49.8 Å². The van der Waals surface area contributed by atoms with Gasteiger partial charge in [-0.1, -0.05) is 43.2 Å². The van der Waals surface area contributed by atoms with Crippen LogP contribution in [0.2, 0.25) is 5.02 Å². The molecule has 0 amide bonds. The Morgan fingerprint density at radius 1 is 1.42 bits per heavy atom. The van der Waals surface area contributed by atoms with Crippen LogP contribution < -0.4 is 0 Å². The largest absolute Gasteiger partial charge is 0.368 e. The number of epoxide rings is 1. The number of halogens is 2. The van der Waals surface area contributed by atoms with E-state index < -0.39 is 0 Å². The van der Waals surface area contributed by atoms with Gasteiger partial charge in [-0.25, -0.2) is 4.39 Å². The summed E-state index contributed by atoms with van der Waals surface area (Å²) in [5.74, 6) is 0.470. The van der Waals surface area contributed by atoms with Gasteiger partial charge in [0.15, 0.2) is 0 Å². The van der Waals surface area contributed by atoms with Gasteiger partial charge in [0.1, 0.15) is 11.9 Å². The molecule has 1 aliphatic heterocycles. The standard InChI is InChI=1S/C16H18ClFO/c1-2-10-3-5-11(6-4-10)12-7-8-13(14-9-19-14)15(17)16(12)18/h5,7-8,10,14H,2-4,6,9H2,1H3. The molecule has 2 atom stereocenters. The molecule has 1 fully saturated rings. The molecule has 0 bridgehead atoms. The number of rotatable bonds is 3. The zero-order valence-corrected chi connectivity index (χ0v) is 11.8. The molecule has 0 radical (unpaired) electrons. The highest BCUT2D eigenvalue weighted by atomic mass is 35.5. The Morgan fingerprint density at radius 3 is 2.79 bits per heavy atom. The SMILES string of the molecule is CCC1CC=C(c2ccc(C3CO3)c(Cl)c2F)CC1. The Kier molecular flexibility index (Phi) is 3.64. The van der Waals surface area contributed by atoms with Crippen LogP contribution in [0.4, 0.5) is 4.39 Å². The van der Waals surface area contributed by atoms with E-state index in [1.807, 2.05) is 12.1 Å². The third kappa shape index (κ3) is 2.56. The molecular weight excluding hydrogens is 263 g/mol. The number of allylic oxidation sites excluding steroid dienone is 2. The van der Waals surface area contributed by atoms with Gasteiger partial charge in [-0.2, -0.15) is 0 Å². The highest BCUT2D eigenvalue weighted by molar-refractivity contribution is 6.31. The average Bonchev–Trinajstić information content (AvgIpc) is 3.26. The molecule has 2 aliphatic rings. The second kappa shape index (κ2) is 5.26. The second-order valence-corrected chi connectivity index (χ2v) is 5.81. The molecule has 0 spiro atoms. The maximum Gasteiger partial charge on any atom is 0.149 e. The summed E-state index contributed by atoms with van der Waals surface area (Å²) in [6.45, 7) is 2.87. The molecule has 1 saturated heterocycles. The van der Waals surface area contributed by atoms with Crippen molar-refractivity contribution in [1.29, 1.82) is 0 Å². The Labute approximate surface area is 118 Å². The zero-order valence-electron chi connectivity index (χ0n) is 11.1. The zero-order chi connectivity index (χ0) is 13.4. The maximum absolute atomic E-state index is 14.4. The van der Waals surface area contributed by atoms with E-state index in [1.54, 1.807) is 0 Å². The molecular formula is C16H18ClFO. The minimum absolute atomic E-state index is 0.000794. The highest BCUT2D eigenvalue weighted by Crippen LogP contribution is 2.40. The summed E-state index contributed by atoms with van der Waals surface area (Å²) in [4.78, 5) is 0. The van der Waals surface area contributed by atoms with E-state index in [1.165, 1.54) is 6.42 Å². The molecule has 19 heavy (non-hydrogen) atoms. The molecule has 1 aromatic rings. The van der Waals surface area contributed by atoms with Gasteiger partial charge in [0.2, 0.25) is 0 Å². The van der Waals surface area contributed by atoms with Crippen LogP contribution in [0.5, 0.6) is 0 Å². The predicted molar refractivity (Wildman–Crippen MR) is 75.7 cm³/mol. The lowest BCUT2D eigenvalue weighted by Crippen LogP contribution is -2.05. The van der Waals surface area contributed by atoms with Gasteiger partial charge >= 0.3 is 0 Å².